The van der Waals surface area contributed by atoms with Gasteiger partial charge in [-0.05, 0) is 38.9 Å². The SMILES string of the molecule is CC(c1ccc(F)cc1O)N1CCCC1. The van der Waals surface area contributed by atoms with Crippen molar-refractivity contribution < 1.29 is 9.50 Å². The van der Waals surface area contributed by atoms with E-state index in [0.717, 1.165) is 18.7 Å². The fourth-order valence-corrected chi connectivity index (χ4v) is 2.20. The molecule has 1 fully saturated rings. The molecule has 1 N–H and O–H groups in total. The molecule has 1 aromatic rings. The van der Waals surface area contributed by atoms with Crippen LogP contribution in [0.3, 0.4) is 0 Å². The van der Waals surface area contributed by atoms with Crippen molar-refractivity contribution in [2.24, 2.45) is 0 Å². The van der Waals surface area contributed by atoms with E-state index in [-0.39, 0.29) is 17.6 Å². The number of nitrogens with zero attached hydrogens (tertiary/aromatic N) is 1. The van der Waals surface area contributed by atoms with Crippen LogP contribution in [0.15, 0.2) is 18.2 Å². The monoisotopic (exact) mass is 209 g/mol. The second-order valence-corrected chi connectivity index (χ2v) is 4.12. The van der Waals surface area contributed by atoms with E-state index in [4.69, 9.17) is 0 Å². The Balaban J connectivity index is 2.20. The van der Waals surface area contributed by atoms with Gasteiger partial charge in [0.05, 0.1) is 0 Å². The minimum atomic E-state index is -0.384. The molecule has 0 bridgehead atoms. The highest BCUT2D eigenvalue weighted by molar-refractivity contribution is 5.35. The van der Waals surface area contributed by atoms with Crippen LogP contribution in [0.1, 0.15) is 31.4 Å². The summed E-state index contributed by atoms with van der Waals surface area (Å²) in [6.07, 6.45) is 2.43. The molecule has 2 nitrogen and oxygen atoms in total. The summed E-state index contributed by atoms with van der Waals surface area (Å²) in [4.78, 5) is 2.31. The van der Waals surface area contributed by atoms with E-state index in [1.54, 1.807) is 6.07 Å². The van der Waals surface area contributed by atoms with E-state index in [0.29, 0.717) is 0 Å². The van der Waals surface area contributed by atoms with Crippen molar-refractivity contribution in [2.75, 3.05) is 13.1 Å². The first kappa shape index (κ1) is 10.4. The number of hydrogen-bond donors (Lipinski definition) is 1. The molecule has 3 heteroatoms. The van der Waals surface area contributed by atoms with Crippen LogP contribution in [0.4, 0.5) is 4.39 Å². The second-order valence-electron chi connectivity index (χ2n) is 4.12. The van der Waals surface area contributed by atoms with Crippen LogP contribution in [0, 0.1) is 5.82 Å². The summed E-state index contributed by atoms with van der Waals surface area (Å²) in [6, 6.07) is 4.44. The van der Waals surface area contributed by atoms with Gasteiger partial charge in [0.25, 0.3) is 0 Å². The molecule has 0 aromatic heterocycles. The van der Waals surface area contributed by atoms with Crippen LogP contribution >= 0.6 is 0 Å². The first-order valence-electron chi connectivity index (χ1n) is 5.41. The lowest BCUT2D eigenvalue weighted by molar-refractivity contribution is 0.257. The van der Waals surface area contributed by atoms with Gasteiger partial charge in [0.2, 0.25) is 0 Å². The first-order chi connectivity index (χ1) is 7.18. The third kappa shape index (κ3) is 2.12. The van der Waals surface area contributed by atoms with Gasteiger partial charge in [-0.1, -0.05) is 6.07 Å². The van der Waals surface area contributed by atoms with E-state index in [9.17, 15) is 9.50 Å². The van der Waals surface area contributed by atoms with Gasteiger partial charge in [0, 0.05) is 17.7 Å². The molecular formula is C12H16FNO. The Hall–Kier alpha value is -1.09. The number of phenolic OH excluding ortho intramolecular Hbond substituents is 1. The highest BCUT2D eigenvalue weighted by Crippen LogP contribution is 2.30. The maximum Gasteiger partial charge on any atom is 0.126 e. The van der Waals surface area contributed by atoms with E-state index in [1.807, 2.05) is 0 Å². The molecule has 1 saturated heterocycles. The highest BCUT2D eigenvalue weighted by atomic mass is 19.1. The minimum Gasteiger partial charge on any atom is -0.508 e. The Morgan fingerprint density at radius 1 is 1.33 bits per heavy atom. The largest absolute Gasteiger partial charge is 0.508 e. The van der Waals surface area contributed by atoms with Gasteiger partial charge in [0.1, 0.15) is 11.6 Å². The second kappa shape index (κ2) is 4.19. The van der Waals surface area contributed by atoms with Crippen LogP contribution in [0.5, 0.6) is 5.75 Å². The van der Waals surface area contributed by atoms with Crippen LogP contribution in [0.2, 0.25) is 0 Å². The fraction of sp³-hybridized carbons (Fsp3) is 0.500. The molecule has 1 aliphatic heterocycles. The van der Waals surface area contributed by atoms with Crippen LogP contribution in [-0.2, 0) is 0 Å². The lowest BCUT2D eigenvalue weighted by atomic mass is 10.1. The van der Waals surface area contributed by atoms with Crippen LogP contribution in [-0.4, -0.2) is 23.1 Å². The number of rotatable bonds is 2. The number of likely N-dealkylation sites (tertiary alicyclic amines) is 1. The van der Waals surface area contributed by atoms with Gasteiger partial charge >= 0.3 is 0 Å². The summed E-state index contributed by atoms with van der Waals surface area (Å²) in [5.41, 5.74) is 0.818. The van der Waals surface area contributed by atoms with E-state index in [2.05, 4.69) is 11.8 Å². The predicted molar refractivity (Wildman–Crippen MR) is 57.3 cm³/mol. The van der Waals surface area contributed by atoms with Gasteiger partial charge < -0.3 is 5.11 Å². The minimum absolute atomic E-state index is 0.0643. The summed E-state index contributed by atoms with van der Waals surface area (Å²) in [5, 5.41) is 9.66. The molecule has 1 heterocycles. The summed E-state index contributed by atoms with van der Waals surface area (Å²) in [7, 11) is 0. The topological polar surface area (TPSA) is 23.5 Å². The molecule has 82 valence electrons. The van der Waals surface area contributed by atoms with Crippen LogP contribution < -0.4 is 0 Å². The molecule has 0 amide bonds. The number of benzene rings is 1. The fourth-order valence-electron chi connectivity index (χ4n) is 2.20. The molecule has 1 atom stereocenters. The molecule has 1 aromatic carbocycles. The van der Waals surface area contributed by atoms with E-state index >= 15 is 0 Å². The quantitative estimate of drug-likeness (QED) is 0.809. The summed E-state index contributed by atoms with van der Waals surface area (Å²) < 4.78 is 12.8. The zero-order chi connectivity index (χ0) is 10.8. The third-order valence-electron chi connectivity index (χ3n) is 3.13. The van der Waals surface area contributed by atoms with Crippen molar-refractivity contribution in [1.82, 2.24) is 4.90 Å². The first-order valence-corrected chi connectivity index (χ1v) is 5.41. The molecule has 1 unspecified atom stereocenters. The standard InChI is InChI=1S/C12H16FNO/c1-9(14-6-2-3-7-14)11-5-4-10(13)8-12(11)15/h4-5,8-9,15H,2-3,6-7H2,1H3. The summed E-state index contributed by atoms with van der Waals surface area (Å²) in [6.45, 7) is 4.19. The molecule has 0 aliphatic carbocycles. The van der Waals surface area contributed by atoms with Gasteiger partial charge in [-0.2, -0.15) is 0 Å². The van der Waals surface area contributed by atoms with Gasteiger partial charge in [-0.25, -0.2) is 4.39 Å². The Bertz CT molecular complexity index is 347. The van der Waals surface area contributed by atoms with Crippen molar-refractivity contribution in [1.29, 1.82) is 0 Å². The van der Waals surface area contributed by atoms with E-state index in [1.165, 1.54) is 25.0 Å². The maximum atomic E-state index is 12.8. The number of aromatic hydroxyl groups is 1. The molecule has 0 saturated carbocycles. The smallest absolute Gasteiger partial charge is 0.126 e. The third-order valence-corrected chi connectivity index (χ3v) is 3.13. The lowest BCUT2D eigenvalue weighted by Crippen LogP contribution is -2.23. The zero-order valence-electron chi connectivity index (χ0n) is 8.91. The molecular weight excluding hydrogens is 193 g/mol. The zero-order valence-corrected chi connectivity index (χ0v) is 8.91. The molecule has 0 radical (unpaired) electrons. The Labute approximate surface area is 89.3 Å². The number of hydrogen-bond acceptors (Lipinski definition) is 2. The molecule has 15 heavy (non-hydrogen) atoms. The van der Waals surface area contributed by atoms with Gasteiger partial charge in [-0.15, -0.1) is 0 Å². The lowest BCUT2D eigenvalue weighted by Gasteiger charge is -2.24. The average molecular weight is 209 g/mol. The highest BCUT2D eigenvalue weighted by Gasteiger charge is 2.21. The van der Waals surface area contributed by atoms with Crippen molar-refractivity contribution in [3.8, 4) is 5.75 Å². The van der Waals surface area contributed by atoms with Gasteiger partial charge in [0.15, 0.2) is 0 Å². The van der Waals surface area contributed by atoms with E-state index < -0.39 is 0 Å². The van der Waals surface area contributed by atoms with Crippen molar-refractivity contribution >= 4 is 0 Å². The summed E-state index contributed by atoms with van der Waals surface area (Å²) >= 11 is 0. The number of phenols is 1. The molecule has 0 spiro atoms. The number of halogens is 1. The van der Waals surface area contributed by atoms with Crippen LogP contribution in [0.25, 0.3) is 0 Å². The average Bonchev–Trinajstić information content (AvgIpc) is 2.69. The Morgan fingerprint density at radius 3 is 2.60 bits per heavy atom. The van der Waals surface area contributed by atoms with Crippen molar-refractivity contribution in [3.05, 3.63) is 29.6 Å². The predicted octanol–water partition coefficient (Wildman–Crippen LogP) is 2.69. The normalized spacial score (nSPS) is 19.3. The van der Waals surface area contributed by atoms with Crippen molar-refractivity contribution in [2.45, 2.75) is 25.8 Å². The molecule has 2 rings (SSSR count). The van der Waals surface area contributed by atoms with Gasteiger partial charge in [-0.3, -0.25) is 4.90 Å². The maximum absolute atomic E-state index is 12.8. The Morgan fingerprint density at radius 2 is 2.00 bits per heavy atom. The summed E-state index contributed by atoms with van der Waals surface area (Å²) in [5.74, 6) is -0.320. The molecule has 1 aliphatic rings. The Kier molecular flexibility index (Phi) is 2.91. The van der Waals surface area contributed by atoms with Crippen molar-refractivity contribution in [3.63, 3.8) is 0 Å².